The van der Waals surface area contributed by atoms with E-state index in [4.69, 9.17) is 5.11 Å². The molecule has 0 aromatic heterocycles. The highest BCUT2D eigenvalue weighted by Crippen LogP contribution is 2.27. The van der Waals surface area contributed by atoms with Crippen LogP contribution in [0.3, 0.4) is 0 Å². The van der Waals surface area contributed by atoms with Crippen molar-refractivity contribution in [3.8, 4) is 0 Å². The molecule has 1 unspecified atom stereocenters. The number of carbonyl (C=O) groups is 2. The topological polar surface area (TPSA) is 69.6 Å². The maximum Gasteiger partial charge on any atom is 0.253 e. The van der Waals surface area contributed by atoms with Crippen LogP contribution in [0, 0.1) is 5.92 Å². The van der Waals surface area contributed by atoms with Crippen LogP contribution in [-0.4, -0.2) is 36.6 Å². The second kappa shape index (κ2) is 5.84. The average molecular weight is 262 g/mol. The summed E-state index contributed by atoms with van der Waals surface area (Å²) >= 11 is 0. The fourth-order valence-corrected chi connectivity index (χ4v) is 2.29. The van der Waals surface area contributed by atoms with Crippen molar-refractivity contribution in [3.05, 3.63) is 29.8 Å². The van der Waals surface area contributed by atoms with Crippen LogP contribution in [0.1, 0.15) is 23.7 Å². The highest BCUT2D eigenvalue weighted by atomic mass is 16.3. The summed E-state index contributed by atoms with van der Waals surface area (Å²) in [4.78, 5) is 25.5. The van der Waals surface area contributed by atoms with Crippen LogP contribution >= 0.6 is 0 Å². The number of amides is 2. The van der Waals surface area contributed by atoms with E-state index in [1.54, 1.807) is 29.2 Å². The van der Waals surface area contributed by atoms with Crippen molar-refractivity contribution in [2.24, 2.45) is 5.92 Å². The van der Waals surface area contributed by atoms with Gasteiger partial charge in [-0.25, -0.2) is 0 Å². The molecule has 1 aliphatic rings. The number of nitrogens with zero attached hydrogens (tertiary/aromatic N) is 1. The smallest absolute Gasteiger partial charge is 0.253 e. The molecule has 1 atom stereocenters. The Kier molecular flexibility index (Phi) is 4.16. The van der Waals surface area contributed by atoms with Gasteiger partial charge in [0.05, 0.1) is 11.3 Å². The van der Waals surface area contributed by atoms with Gasteiger partial charge < -0.3 is 15.3 Å². The fraction of sp³-hybridized carbons (Fsp3) is 0.429. The van der Waals surface area contributed by atoms with Crippen molar-refractivity contribution in [3.63, 3.8) is 0 Å². The van der Waals surface area contributed by atoms with E-state index < -0.39 is 0 Å². The highest BCUT2D eigenvalue weighted by molar-refractivity contribution is 6.05. The zero-order chi connectivity index (χ0) is 13.8. The van der Waals surface area contributed by atoms with E-state index in [2.05, 4.69) is 5.32 Å². The van der Waals surface area contributed by atoms with E-state index in [9.17, 15) is 9.59 Å². The number of hydrogen-bond acceptors (Lipinski definition) is 3. The Bertz CT molecular complexity index is 487. The summed E-state index contributed by atoms with van der Waals surface area (Å²) in [7, 11) is 0. The number of hydrogen-bond donors (Lipinski definition) is 2. The predicted octanol–water partition coefficient (Wildman–Crippen LogP) is 0.782. The van der Waals surface area contributed by atoms with Gasteiger partial charge in [0, 0.05) is 32.0 Å². The third kappa shape index (κ3) is 2.76. The van der Waals surface area contributed by atoms with E-state index in [1.807, 2.05) is 6.92 Å². The zero-order valence-corrected chi connectivity index (χ0v) is 10.9. The summed E-state index contributed by atoms with van der Waals surface area (Å²) in [5.74, 6) is -0.274. The molecular formula is C14H18N2O3. The normalized spacial score (nSPS) is 18.7. The molecule has 1 heterocycles. The lowest BCUT2D eigenvalue weighted by molar-refractivity contribution is -0.117. The molecule has 1 saturated heterocycles. The average Bonchev–Trinajstić information content (AvgIpc) is 2.80. The van der Waals surface area contributed by atoms with Gasteiger partial charge in [0.15, 0.2) is 0 Å². The van der Waals surface area contributed by atoms with Crippen LogP contribution in [0.15, 0.2) is 24.3 Å². The first-order chi connectivity index (χ1) is 9.17. The Balaban J connectivity index is 2.30. The molecule has 2 amide bonds. The minimum Gasteiger partial charge on any atom is -0.396 e. The molecule has 1 aromatic carbocycles. The molecule has 0 radical (unpaired) electrons. The lowest BCUT2D eigenvalue weighted by atomic mass is 10.1. The maximum atomic E-state index is 12.0. The second-order valence-electron chi connectivity index (χ2n) is 4.63. The number of nitrogens with one attached hydrogen (secondary N) is 1. The maximum absolute atomic E-state index is 12.0. The summed E-state index contributed by atoms with van der Waals surface area (Å²) in [5.41, 5.74) is 1.12. The Labute approximate surface area is 112 Å². The molecule has 2 N–H and O–H groups in total. The van der Waals surface area contributed by atoms with E-state index in [1.165, 1.54) is 0 Å². The van der Waals surface area contributed by atoms with Crippen LogP contribution in [0.5, 0.6) is 0 Å². The first-order valence-electron chi connectivity index (χ1n) is 6.45. The minimum atomic E-state index is -0.182. The van der Waals surface area contributed by atoms with Gasteiger partial charge in [-0.1, -0.05) is 12.1 Å². The third-order valence-electron chi connectivity index (χ3n) is 3.24. The van der Waals surface area contributed by atoms with Crippen molar-refractivity contribution >= 4 is 17.5 Å². The molecule has 1 fully saturated rings. The molecule has 0 saturated carbocycles. The molecule has 5 heteroatoms. The number of benzene rings is 1. The first-order valence-corrected chi connectivity index (χ1v) is 6.45. The van der Waals surface area contributed by atoms with E-state index in [0.717, 1.165) is 0 Å². The molecule has 0 bridgehead atoms. The minimum absolute atomic E-state index is 0.00837. The molecule has 1 aromatic rings. The Morgan fingerprint density at radius 2 is 2.21 bits per heavy atom. The van der Waals surface area contributed by atoms with Crippen molar-refractivity contribution < 1.29 is 14.7 Å². The highest BCUT2D eigenvalue weighted by Gasteiger charge is 2.31. The number of carbonyl (C=O) groups excluding carboxylic acids is 2. The predicted molar refractivity (Wildman–Crippen MR) is 72.0 cm³/mol. The molecule has 0 aliphatic carbocycles. The van der Waals surface area contributed by atoms with Crippen LogP contribution in [0.25, 0.3) is 0 Å². The Morgan fingerprint density at radius 3 is 2.84 bits per heavy atom. The number of aliphatic hydroxyl groups excluding tert-OH is 1. The van der Waals surface area contributed by atoms with Gasteiger partial charge in [0.25, 0.3) is 5.91 Å². The van der Waals surface area contributed by atoms with Gasteiger partial charge in [0.2, 0.25) is 5.91 Å². The van der Waals surface area contributed by atoms with Gasteiger partial charge in [-0.3, -0.25) is 9.59 Å². The first kappa shape index (κ1) is 13.5. The van der Waals surface area contributed by atoms with E-state index in [0.29, 0.717) is 30.8 Å². The molecule has 102 valence electrons. The van der Waals surface area contributed by atoms with Gasteiger partial charge in [-0.05, 0) is 19.1 Å². The Hall–Kier alpha value is -1.88. The zero-order valence-electron chi connectivity index (χ0n) is 10.9. The van der Waals surface area contributed by atoms with Gasteiger partial charge in [-0.15, -0.1) is 0 Å². The summed E-state index contributed by atoms with van der Waals surface area (Å²) < 4.78 is 0. The third-order valence-corrected chi connectivity index (χ3v) is 3.24. The van der Waals surface area contributed by atoms with Crippen molar-refractivity contribution in [1.82, 2.24) is 5.32 Å². The van der Waals surface area contributed by atoms with Crippen molar-refractivity contribution in [1.29, 1.82) is 0 Å². The summed E-state index contributed by atoms with van der Waals surface area (Å²) in [5, 5.41) is 11.9. The van der Waals surface area contributed by atoms with Crippen LogP contribution in [0.4, 0.5) is 5.69 Å². The standard InChI is InChI=1S/C14H18N2O3/c1-2-15-14(19)11-5-3-4-6-12(11)16-8-10(9-17)7-13(16)18/h3-6,10,17H,2,7-9H2,1H3,(H,15,19). The summed E-state index contributed by atoms with van der Waals surface area (Å²) in [6, 6.07) is 7.05. The Morgan fingerprint density at radius 1 is 1.47 bits per heavy atom. The molecule has 5 nitrogen and oxygen atoms in total. The largest absolute Gasteiger partial charge is 0.396 e. The van der Waals surface area contributed by atoms with Crippen molar-refractivity contribution in [2.45, 2.75) is 13.3 Å². The van der Waals surface area contributed by atoms with E-state index in [-0.39, 0.29) is 24.3 Å². The SMILES string of the molecule is CCNC(=O)c1ccccc1N1CC(CO)CC1=O. The fourth-order valence-electron chi connectivity index (χ4n) is 2.29. The molecule has 19 heavy (non-hydrogen) atoms. The summed E-state index contributed by atoms with van der Waals surface area (Å²) in [6.45, 7) is 2.85. The van der Waals surface area contributed by atoms with Gasteiger partial charge >= 0.3 is 0 Å². The van der Waals surface area contributed by atoms with Crippen LogP contribution < -0.4 is 10.2 Å². The number of rotatable bonds is 4. The van der Waals surface area contributed by atoms with Gasteiger partial charge in [-0.2, -0.15) is 0 Å². The molecule has 2 rings (SSSR count). The lowest BCUT2D eigenvalue weighted by Gasteiger charge is -2.19. The monoisotopic (exact) mass is 262 g/mol. The second-order valence-corrected chi connectivity index (χ2v) is 4.63. The summed E-state index contributed by atoms with van der Waals surface area (Å²) in [6.07, 6.45) is 0.334. The molecular weight excluding hydrogens is 244 g/mol. The van der Waals surface area contributed by atoms with E-state index >= 15 is 0 Å². The molecule has 1 aliphatic heterocycles. The lowest BCUT2D eigenvalue weighted by Crippen LogP contribution is -2.30. The van der Waals surface area contributed by atoms with Gasteiger partial charge in [0.1, 0.15) is 0 Å². The van der Waals surface area contributed by atoms with Crippen LogP contribution in [0.2, 0.25) is 0 Å². The van der Waals surface area contributed by atoms with Crippen LogP contribution in [-0.2, 0) is 4.79 Å². The number of para-hydroxylation sites is 1. The number of anilines is 1. The van der Waals surface area contributed by atoms with Crippen molar-refractivity contribution in [2.75, 3.05) is 24.6 Å². The quantitative estimate of drug-likeness (QED) is 0.842. The number of aliphatic hydroxyl groups is 1. The molecule has 0 spiro atoms.